The number of hydrogen-bond acceptors (Lipinski definition) is 7. The van der Waals surface area contributed by atoms with E-state index in [0.29, 0.717) is 30.9 Å². The quantitative estimate of drug-likeness (QED) is 0.417. The molecule has 2 aliphatic rings. The molecule has 4 rings (SSSR count). The fourth-order valence-corrected chi connectivity index (χ4v) is 5.48. The second-order valence-corrected chi connectivity index (χ2v) is 10.1. The van der Waals surface area contributed by atoms with Gasteiger partial charge in [-0.1, -0.05) is 26.2 Å². The van der Waals surface area contributed by atoms with Crippen LogP contribution in [0.4, 0.5) is 15.9 Å². The van der Waals surface area contributed by atoms with Gasteiger partial charge in [0.05, 0.1) is 23.5 Å². The summed E-state index contributed by atoms with van der Waals surface area (Å²) in [5.41, 5.74) is 2.39. The standard InChI is InChI=1S/C28H37FN6O2/c1-4-21(22-15-24(33-16-32-22)35-13-12-19-14-20(29)10-11-23(19)35)25(30)27(36)26(18-8-6-5-7-9-18)34-28(37)17(2)31-3/h10-11,14-18,21,26,30-31H,4-9,12-13H2,1-3H3,(H,34,37)/t17-,21-,26-/m0/s1. The van der Waals surface area contributed by atoms with Gasteiger partial charge in [0.2, 0.25) is 5.91 Å². The van der Waals surface area contributed by atoms with Crippen molar-refractivity contribution in [1.82, 2.24) is 20.6 Å². The summed E-state index contributed by atoms with van der Waals surface area (Å²) in [7, 11) is 1.71. The van der Waals surface area contributed by atoms with Gasteiger partial charge in [0.1, 0.15) is 18.0 Å². The number of rotatable bonds is 10. The van der Waals surface area contributed by atoms with Gasteiger partial charge in [0.25, 0.3) is 0 Å². The minimum absolute atomic E-state index is 0.0227. The number of carbonyl (C=O) groups excluding carboxylic acids is 2. The normalized spacial score (nSPS) is 18.1. The first-order chi connectivity index (χ1) is 17.8. The molecule has 1 fully saturated rings. The molecule has 1 aliphatic carbocycles. The molecule has 0 saturated heterocycles. The molecule has 1 saturated carbocycles. The number of nitrogens with one attached hydrogen (secondary N) is 3. The molecule has 1 aliphatic heterocycles. The van der Waals surface area contributed by atoms with Crippen LogP contribution in [0, 0.1) is 17.1 Å². The Hall–Kier alpha value is -3.20. The monoisotopic (exact) mass is 508 g/mol. The summed E-state index contributed by atoms with van der Waals surface area (Å²) >= 11 is 0. The third-order valence-corrected chi connectivity index (χ3v) is 7.79. The summed E-state index contributed by atoms with van der Waals surface area (Å²) in [5, 5.41) is 14.8. The van der Waals surface area contributed by atoms with Crippen LogP contribution in [0.2, 0.25) is 0 Å². The topological polar surface area (TPSA) is 111 Å². The lowest BCUT2D eigenvalue weighted by atomic mass is 9.79. The lowest BCUT2D eigenvalue weighted by molar-refractivity contribution is -0.127. The predicted octanol–water partition coefficient (Wildman–Crippen LogP) is 4.07. The Bertz CT molecular complexity index is 1150. The third kappa shape index (κ3) is 5.87. The van der Waals surface area contributed by atoms with Crippen molar-refractivity contribution >= 4 is 28.9 Å². The molecule has 3 N–H and O–H groups in total. The lowest BCUT2D eigenvalue weighted by Crippen LogP contribution is -2.53. The van der Waals surface area contributed by atoms with Crippen LogP contribution in [0.15, 0.2) is 30.6 Å². The maximum atomic E-state index is 13.8. The van der Waals surface area contributed by atoms with E-state index in [4.69, 9.17) is 5.41 Å². The van der Waals surface area contributed by atoms with Gasteiger partial charge in [-0.15, -0.1) is 0 Å². The van der Waals surface area contributed by atoms with Gasteiger partial charge >= 0.3 is 0 Å². The van der Waals surface area contributed by atoms with Crippen LogP contribution in [0.3, 0.4) is 0 Å². The first-order valence-electron chi connectivity index (χ1n) is 13.3. The first kappa shape index (κ1) is 26.9. The maximum absolute atomic E-state index is 13.8. The zero-order chi connectivity index (χ0) is 26.5. The van der Waals surface area contributed by atoms with Gasteiger partial charge in [0.15, 0.2) is 5.78 Å². The van der Waals surface area contributed by atoms with E-state index < -0.39 is 18.0 Å². The van der Waals surface area contributed by atoms with Crippen LogP contribution in [0.5, 0.6) is 0 Å². The molecule has 0 unspecified atom stereocenters. The van der Waals surface area contributed by atoms with E-state index in [2.05, 4.69) is 20.6 Å². The summed E-state index contributed by atoms with van der Waals surface area (Å²) in [6.07, 6.45) is 7.58. The van der Waals surface area contributed by atoms with Crippen LogP contribution >= 0.6 is 0 Å². The molecule has 0 radical (unpaired) electrons. The average Bonchev–Trinajstić information content (AvgIpc) is 3.34. The Labute approximate surface area is 218 Å². The molecule has 2 aromatic rings. The molecule has 1 amide bonds. The Morgan fingerprint density at radius 2 is 1.95 bits per heavy atom. The SMILES string of the molecule is CC[C@H](C(=N)C(=O)[C@@H](NC(=O)[C@H](C)NC)C1CCCCC1)c1cc(N2CCc3cc(F)ccc32)ncn1. The van der Waals surface area contributed by atoms with E-state index in [1.54, 1.807) is 26.1 Å². The minimum atomic E-state index is -0.716. The fourth-order valence-electron chi connectivity index (χ4n) is 5.48. The van der Waals surface area contributed by atoms with Crippen LogP contribution in [0.1, 0.15) is 69.5 Å². The molecule has 0 bridgehead atoms. The molecule has 3 atom stereocenters. The zero-order valence-electron chi connectivity index (χ0n) is 21.9. The van der Waals surface area contributed by atoms with Crippen molar-refractivity contribution in [2.45, 2.75) is 76.8 Å². The van der Waals surface area contributed by atoms with Crippen molar-refractivity contribution in [3.8, 4) is 0 Å². The Kier molecular flexibility index (Phi) is 8.63. The Balaban J connectivity index is 1.58. The van der Waals surface area contributed by atoms with E-state index in [9.17, 15) is 14.0 Å². The maximum Gasteiger partial charge on any atom is 0.237 e. The van der Waals surface area contributed by atoms with Crippen molar-refractivity contribution in [2.24, 2.45) is 5.92 Å². The molecular weight excluding hydrogens is 471 g/mol. The third-order valence-electron chi connectivity index (χ3n) is 7.79. The largest absolute Gasteiger partial charge is 0.344 e. The van der Waals surface area contributed by atoms with Crippen LogP contribution < -0.4 is 15.5 Å². The van der Waals surface area contributed by atoms with E-state index in [1.165, 1.54) is 12.4 Å². The zero-order valence-corrected chi connectivity index (χ0v) is 21.9. The van der Waals surface area contributed by atoms with Gasteiger partial charge in [0, 0.05) is 24.2 Å². The second-order valence-electron chi connectivity index (χ2n) is 10.1. The number of likely N-dealkylation sites (N-methyl/N-ethyl adjacent to an activating group) is 1. The highest BCUT2D eigenvalue weighted by molar-refractivity contribution is 6.42. The van der Waals surface area contributed by atoms with E-state index in [0.717, 1.165) is 43.4 Å². The van der Waals surface area contributed by atoms with Crippen molar-refractivity contribution in [2.75, 3.05) is 18.5 Å². The van der Waals surface area contributed by atoms with Gasteiger partial charge in [-0.3, -0.25) is 9.59 Å². The lowest BCUT2D eigenvalue weighted by Gasteiger charge is -2.32. The molecule has 1 aromatic carbocycles. The number of ketones is 1. The highest BCUT2D eigenvalue weighted by Crippen LogP contribution is 2.35. The summed E-state index contributed by atoms with van der Waals surface area (Å²) in [5.74, 6) is -0.665. The number of benzene rings is 1. The summed E-state index contributed by atoms with van der Waals surface area (Å²) in [6, 6.07) is 5.42. The molecule has 198 valence electrons. The van der Waals surface area contributed by atoms with Crippen LogP contribution in [-0.4, -0.2) is 53.0 Å². The molecular formula is C28H37FN6O2. The highest BCUT2D eigenvalue weighted by Gasteiger charge is 2.36. The molecule has 0 spiro atoms. The Morgan fingerprint density at radius 3 is 2.65 bits per heavy atom. The summed E-state index contributed by atoms with van der Waals surface area (Å²) < 4.78 is 13.7. The van der Waals surface area contributed by atoms with Crippen molar-refractivity contribution < 1.29 is 14.0 Å². The van der Waals surface area contributed by atoms with Crippen molar-refractivity contribution in [3.63, 3.8) is 0 Å². The van der Waals surface area contributed by atoms with Crippen molar-refractivity contribution in [3.05, 3.63) is 47.7 Å². The first-order valence-corrected chi connectivity index (χ1v) is 13.3. The summed E-state index contributed by atoms with van der Waals surface area (Å²) in [6.45, 7) is 4.35. The van der Waals surface area contributed by atoms with Gasteiger partial charge in [-0.05, 0) is 69.3 Å². The molecule has 9 heteroatoms. The molecule has 2 heterocycles. The van der Waals surface area contributed by atoms with Gasteiger partial charge < -0.3 is 20.9 Å². The number of aromatic nitrogens is 2. The van der Waals surface area contributed by atoms with Crippen LogP contribution in [-0.2, 0) is 16.0 Å². The molecule has 8 nitrogen and oxygen atoms in total. The summed E-state index contributed by atoms with van der Waals surface area (Å²) in [4.78, 5) is 37.4. The van der Waals surface area contributed by atoms with Crippen molar-refractivity contribution in [1.29, 1.82) is 5.41 Å². The predicted molar refractivity (Wildman–Crippen MR) is 142 cm³/mol. The van der Waals surface area contributed by atoms with Gasteiger partial charge in [-0.2, -0.15) is 0 Å². The fraction of sp³-hybridized carbons (Fsp3) is 0.536. The van der Waals surface area contributed by atoms with E-state index in [-0.39, 0.29) is 29.1 Å². The number of anilines is 2. The highest BCUT2D eigenvalue weighted by atomic mass is 19.1. The number of fused-ring (bicyclic) bond motifs is 1. The number of halogens is 1. The second kappa shape index (κ2) is 11.9. The molecule has 1 aromatic heterocycles. The van der Waals surface area contributed by atoms with Crippen LogP contribution in [0.25, 0.3) is 0 Å². The number of carbonyl (C=O) groups is 2. The van der Waals surface area contributed by atoms with E-state index in [1.807, 2.05) is 17.9 Å². The number of Topliss-reactive ketones (excluding diaryl/α,β-unsaturated/α-hetero) is 1. The number of hydrogen-bond donors (Lipinski definition) is 3. The van der Waals surface area contributed by atoms with E-state index >= 15 is 0 Å². The molecule has 37 heavy (non-hydrogen) atoms. The van der Waals surface area contributed by atoms with Gasteiger partial charge in [-0.25, -0.2) is 14.4 Å². The average molecular weight is 509 g/mol. The minimum Gasteiger partial charge on any atom is -0.344 e. The Morgan fingerprint density at radius 1 is 1.19 bits per heavy atom. The number of amides is 1. The number of nitrogens with zero attached hydrogens (tertiary/aromatic N) is 3. The smallest absolute Gasteiger partial charge is 0.237 e.